The first-order chi connectivity index (χ1) is 10.2. The van der Waals surface area contributed by atoms with Crippen LogP contribution in [-0.2, 0) is 4.79 Å². The number of benzene rings is 1. The molecule has 0 unspecified atom stereocenters. The lowest BCUT2D eigenvalue weighted by Crippen LogP contribution is -2.51. The summed E-state index contributed by atoms with van der Waals surface area (Å²) in [5.74, 6) is 0.800. The van der Waals surface area contributed by atoms with Gasteiger partial charge in [0.25, 0.3) is 0 Å². The number of rotatable bonds is 5. The third-order valence-electron chi connectivity index (χ3n) is 3.42. The molecule has 0 aromatic heterocycles. The SMILES string of the molecule is Cc1ccc(OCCNC(=O)N2CCN(C=O)CC2)cc1. The molecule has 3 amide bonds. The number of aryl methyl sites for hydroxylation is 1. The van der Waals surface area contributed by atoms with Crippen LogP contribution in [0.3, 0.4) is 0 Å². The molecule has 0 bridgehead atoms. The van der Waals surface area contributed by atoms with Crippen LogP contribution in [0.25, 0.3) is 0 Å². The van der Waals surface area contributed by atoms with Gasteiger partial charge in [0.15, 0.2) is 0 Å². The number of carbonyl (C=O) groups is 2. The largest absolute Gasteiger partial charge is 0.492 e. The van der Waals surface area contributed by atoms with E-state index < -0.39 is 0 Å². The van der Waals surface area contributed by atoms with Crippen LogP contribution in [0, 0.1) is 6.92 Å². The predicted molar refractivity (Wildman–Crippen MR) is 79.3 cm³/mol. The van der Waals surface area contributed by atoms with Crippen LogP contribution < -0.4 is 10.1 Å². The summed E-state index contributed by atoms with van der Waals surface area (Å²) in [6.07, 6.45) is 0.824. The highest BCUT2D eigenvalue weighted by molar-refractivity contribution is 5.74. The van der Waals surface area contributed by atoms with E-state index in [-0.39, 0.29) is 6.03 Å². The van der Waals surface area contributed by atoms with Crippen LogP contribution in [-0.4, -0.2) is 61.6 Å². The molecule has 6 heteroatoms. The Morgan fingerprint density at radius 2 is 1.90 bits per heavy atom. The van der Waals surface area contributed by atoms with Crippen LogP contribution in [0.4, 0.5) is 4.79 Å². The van der Waals surface area contributed by atoms with Crippen molar-refractivity contribution in [1.82, 2.24) is 15.1 Å². The Bertz CT molecular complexity index is 468. The van der Waals surface area contributed by atoms with Gasteiger partial charge in [0.1, 0.15) is 12.4 Å². The summed E-state index contributed by atoms with van der Waals surface area (Å²) in [6, 6.07) is 7.69. The first-order valence-electron chi connectivity index (χ1n) is 7.10. The Balaban J connectivity index is 1.63. The summed E-state index contributed by atoms with van der Waals surface area (Å²) in [6.45, 7) is 5.25. The first kappa shape index (κ1) is 15.2. The van der Waals surface area contributed by atoms with Gasteiger partial charge in [-0.3, -0.25) is 4.79 Å². The number of hydrogen-bond donors (Lipinski definition) is 1. The van der Waals surface area contributed by atoms with E-state index in [1.54, 1.807) is 9.80 Å². The lowest BCUT2D eigenvalue weighted by Gasteiger charge is -2.32. The maximum atomic E-state index is 11.9. The van der Waals surface area contributed by atoms with Gasteiger partial charge >= 0.3 is 6.03 Å². The number of carbonyl (C=O) groups excluding carboxylic acids is 2. The molecule has 1 fully saturated rings. The van der Waals surface area contributed by atoms with E-state index in [1.165, 1.54) is 5.56 Å². The van der Waals surface area contributed by atoms with Gasteiger partial charge in [0, 0.05) is 26.2 Å². The minimum Gasteiger partial charge on any atom is -0.492 e. The van der Waals surface area contributed by atoms with Crippen molar-refractivity contribution in [1.29, 1.82) is 0 Å². The number of nitrogens with one attached hydrogen (secondary N) is 1. The van der Waals surface area contributed by atoms with Crippen molar-refractivity contribution in [3.8, 4) is 5.75 Å². The second-order valence-electron chi connectivity index (χ2n) is 5.02. The van der Waals surface area contributed by atoms with Gasteiger partial charge in [-0.2, -0.15) is 0 Å². The Kier molecular flexibility index (Phi) is 5.43. The topological polar surface area (TPSA) is 61.9 Å². The van der Waals surface area contributed by atoms with Crippen LogP contribution in [0.2, 0.25) is 0 Å². The first-order valence-corrected chi connectivity index (χ1v) is 7.10. The molecule has 21 heavy (non-hydrogen) atoms. The fourth-order valence-electron chi connectivity index (χ4n) is 2.10. The fourth-order valence-corrected chi connectivity index (χ4v) is 2.10. The van der Waals surface area contributed by atoms with Crippen molar-refractivity contribution < 1.29 is 14.3 Å². The van der Waals surface area contributed by atoms with Gasteiger partial charge in [-0.05, 0) is 19.1 Å². The van der Waals surface area contributed by atoms with Crippen LogP contribution in [0.1, 0.15) is 5.56 Å². The van der Waals surface area contributed by atoms with E-state index in [9.17, 15) is 9.59 Å². The average molecular weight is 291 g/mol. The Labute approximate surface area is 124 Å². The maximum Gasteiger partial charge on any atom is 0.317 e. The molecule has 0 atom stereocenters. The van der Waals surface area contributed by atoms with Gasteiger partial charge in [-0.1, -0.05) is 17.7 Å². The number of urea groups is 1. The quantitative estimate of drug-likeness (QED) is 0.646. The zero-order valence-corrected chi connectivity index (χ0v) is 12.2. The van der Waals surface area contributed by atoms with Crippen LogP contribution in [0.5, 0.6) is 5.75 Å². The zero-order chi connectivity index (χ0) is 15.1. The normalized spacial score (nSPS) is 14.7. The zero-order valence-electron chi connectivity index (χ0n) is 12.2. The number of ether oxygens (including phenoxy) is 1. The molecule has 6 nitrogen and oxygen atoms in total. The van der Waals surface area contributed by atoms with Crippen LogP contribution in [0.15, 0.2) is 24.3 Å². The Hall–Kier alpha value is -2.24. The van der Waals surface area contributed by atoms with Crippen molar-refractivity contribution in [2.45, 2.75) is 6.92 Å². The van der Waals surface area contributed by atoms with Crippen molar-refractivity contribution in [3.05, 3.63) is 29.8 Å². The van der Waals surface area contributed by atoms with Crippen LogP contribution >= 0.6 is 0 Å². The second kappa shape index (κ2) is 7.52. The molecule has 114 valence electrons. The average Bonchev–Trinajstić information content (AvgIpc) is 2.53. The number of amides is 3. The van der Waals surface area contributed by atoms with Gasteiger partial charge < -0.3 is 19.9 Å². The van der Waals surface area contributed by atoms with Crippen molar-refractivity contribution in [2.75, 3.05) is 39.3 Å². The standard InChI is InChI=1S/C15H21N3O3/c1-13-2-4-14(5-3-13)21-11-6-16-15(20)18-9-7-17(12-19)8-10-18/h2-5,12H,6-11H2,1H3,(H,16,20). The van der Waals surface area contributed by atoms with E-state index >= 15 is 0 Å². The summed E-state index contributed by atoms with van der Waals surface area (Å²) in [7, 11) is 0. The second-order valence-corrected chi connectivity index (χ2v) is 5.02. The van der Waals surface area contributed by atoms with Gasteiger partial charge in [0.2, 0.25) is 6.41 Å². The molecule has 1 aliphatic rings. The highest BCUT2D eigenvalue weighted by atomic mass is 16.5. The van der Waals surface area contributed by atoms with E-state index in [0.717, 1.165) is 12.2 Å². The molecule has 1 aromatic rings. The summed E-state index contributed by atoms with van der Waals surface area (Å²) in [5, 5.41) is 2.82. The molecule has 1 N–H and O–H groups in total. The van der Waals surface area contributed by atoms with E-state index in [0.29, 0.717) is 39.3 Å². The molecular weight excluding hydrogens is 270 g/mol. The summed E-state index contributed by atoms with van der Waals surface area (Å²) < 4.78 is 5.55. The molecular formula is C15H21N3O3. The third kappa shape index (κ3) is 4.66. The molecule has 1 aliphatic heterocycles. The third-order valence-corrected chi connectivity index (χ3v) is 3.42. The molecule has 2 rings (SSSR count). The van der Waals surface area contributed by atoms with Crippen molar-refractivity contribution in [3.63, 3.8) is 0 Å². The molecule has 0 saturated carbocycles. The van der Waals surface area contributed by atoms with E-state index in [1.807, 2.05) is 31.2 Å². The lowest BCUT2D eigenvalue weighted by atomic mass is 10.2. The number of piperazine rings is 1. The minimum atomic E-state index is -0.104. The minimum absolute atomic E-state index is 0.104. The number of nitrogens with zero attached hydrogens (tertiary/aromatic N) is 2. The molecule has 0 radical (unpaired) electrons. The molecule has 1 heterocycles. The van der Waals surface area contributed by atoms with E-state index in [2.05, 4.69) is 5.32 Å². The van der Waals surface area contributed by atoms with Crippen molar-refractivity contribution >= 4 is 12.4 Å². The summed E-state index contributed by atoms with van der Waals surface area (Å²) >= 11 is 0. The summed E-state index contributed by atoms with van der Waals surface area (Å²) in [4.78, 5) is 25.9. The van der Waals surface area contributed by atoms with Crippen molar-refractivity contribution in [2.24, 2.45) is 0 Å². The fraction of sp³-hybridized carbons (Fsp3) is 0.467. The van der Waals surface area contributed by atoms with Gasteiger partial charge in [-0.25, -0.2) is 4.79 Å². The number of hydrogen-bond acceptors (Lipinski definition) is 3. The highest BCUT2D eigenvalue weighted by Gasteiger charge is 2.19. The molecule has 1 saturated heterocycles. The molecule has 1 aromatic carbocycles. The Morgan fingerprint density at radius 3 is 2.52 bits per heavy atom. The molecule has 0 spiro atoms. The highest BCUT2D eigenvalue weighted by Crippen LogP contribution is 2.10. The smallest absolute Gasteiger partial charge is 0.317 e. The summed E-state index contributed by atoms with van der Waals surface area (Å²) in [5.41, 5.74) is 1.19. The van der Waals surface area contributed by atoms with E-state index in [4.69, 9.17) is 4.74 Å². The Morgan fingerprint density at radius 1 is 1.24 bits per heavy atom. The lowest BCUT2D eigenvalue weighted by molar-refractivity contribution is -0.119. The van der Waals surface area contributed by atoms with Gasteiger partial charge in [0.05, 0.1) is 6.54 Å². The maximum absolute atomic E-state index is 11.9. The van der Waals surface area contributed by atoms with Gasteiger partial charge in [-0.15, -0.1) is 0 Å². The predicted octanol–water partition coefficient (Wildman–Crippen LogP) is 0.857. The monoisotopic (exact) mass is 291 g/mol. The molecule has 0 aliphatic carbocycles.